The zero-order chi connectivity index (χ0) is 15.6. The summed E-state index contributed by atoms with van der Waals surface area (Å²) in [5.74, 6) is -0.984. The fourth-order valence-electron chi connectivity index (χ4n) is 2.62. The summed E-state index contributed by atoms with van der Waals surface area (Å²) in [5.41, 5.74) is 0.674. The van der Waals surface area contributed by atoms with Gasteiger partial charge in [-0.15, -0.1) is 0 Å². The van der Waals surface area contributed by atoms with Crippen molar-refractivity contribution in [3.05, 3.63) is 17.6 Å². The third-order valence-corrected chi connectivity index (χ3v) is 3.73. The predicted octanol–water partition coefficient (Wildman–Crippen LogP) is 1.26. The lowest BCUT2D eigenvalue weighted by Crippen LogP contribution is -2.43. The Morgan fingerprint density at radius 1 is 1.43 bits per heavy atom. The molecule has 7 nitrogen and oxygen atoms in total. The number of aliphatic carboxylic acids is 1. The molecule has 1 aromatic heterocycles. The number of hydrogen-bond donors (Lipinski definition) is 1. The lowest BCUT2D eigenvalue weighted by atomic mass is 9.92. The first-order chi connectivity index (χ1) is 9.92. The molecular formula is C14H19N3O4. The van der Waals surface area contributed by atoms with Crippen molar-refractivity contribution in [2.24, 2.45) is 5.92 Å². The van der Waals surface area contributed by atoms with Crippen LogP contribution in [0.25, 0.3) is 0 Å². The van der Waals surface area contributed by atoms with Crippen LogP contribution >= 0.6 is 0 Å². The van der Waals surface area contributed by atoms with Gasteiger partial charge < -0.3 is 14.7 Å². The molecule has 0 spiro atoms. The zero-order valence-electron chi connectivity index (χ0n) is 12.4. The smallest absolute Gasteiger partial charge is 0.376 e. The van der Waals surface area contributed by atoms with E-state index in [1.807, 2.05) is 11.8 Å². The van der Waals surface area contributed by atoms with Crippen LogP contribution in [-0.4, -0.2) is 46.7 Å². The summed E-state index contributed by atoms with van der Waals surface area (Å²) in [5, 5.41) is 9.10. The molecule has 114 valence electrons. The van der Waals surface area contributed by atoms with Crippen LogP contribution in [0.3, 0.4) is 0 Å². The number of aryl methyl sites for hydroxylation is 1. The molecule has 1 aromatic rings. The van der Waals surface area contributed by atoms with Crippen molar-refractivity contribution in [2.45, 2.75) is 32.7 Å². The van der Waals surface area contributed by atoms with Gasteiger partial charge in [0.2, 0.25) is 5.82 Å². The summed E-state index contributed by atoms with van der Waals surface area (Å²) in [6.45, 7) is 4.34. The van der Waals surface area contributed by atoms with E-state index in [0.717, 1.165) is 0 Å². The lowest BCUT2D eigenvalue weighted by Gasteiger charge is -2.37. The molecule has 0 radical (unpaired) electrons. The number of carboxylic acid groups (broad SMARTS) is 1. The number of piperidine rings is 1. The minimum Gasteiger partial charge on any atom is -0.481 e. The van der Waals surface area contributed by atoms with E-state index in [1.54, 1.807) is 13.0 Å². The van der Waals surface area contributed by atoms with Gasteiger partial charge in [0.15, 0.2) is 0 Å². The quantitative estimate of drug-likeness (QED) is 0.838. The van der Waals surface area contributed by atoms with Crippen LogP contribution in [0.4, 0.5) is 5.82 Å². The highest BCUT2D eigenvalue weighted by atomic mass is 16.5. The molecule has 1 aliphatic heterocycles. The standard InChI is InChI=1S/C14H19N3O4/c1-8-6-11(16-12(15-8)14(20)21-3)17-5-4-10(13(18)19)7-9(17)2/h6,9-10H,4-5,7H2,1-3H3,(H,18,19). The van der Waals surface area contributed by atoms with Crippen molar-refractivity contribution in [1.82, 2.24) is 9.97 Å². The Labute approximate surface area is 123 Å². The Morgan fingerprint density at radius 3 is 2.71 bits per heavy atom. The molecule has 2 rings (SSSR count). The Bertz CT molecular complexity index is 561. The van der Waals surface area contributed by atoms with Crippen molar-refractivity contribution in [3.8, 4) is 0 Å². The van der Waals surface area contributed by atoms with Gasteiger partial charge in [-0.2, -0.15) is 0 Å². The van der Waals surface area contributed by atoms with E-state index in [4.69, 9.17) is 5.11 Å². The van der Waals surface area contributed by atoms with Crippen molar-refractivity contribution in [2.75, 3.05) is 18.6 Å². The van der Waals surface area contributed by atoms with E-state index in [1.165, 1.54) is 7.11 Å². The van der Waals surface area contributed by atoms with Gasteiger partial charge in [0.05, 0.1) is 13.0 Å². The molecule has 1 N–H and O–H groups in total. The van der Waals surface area contributed by atoms with Gasteiger partial charge in [0.1, 0.15) is 5.82 Å². The van der Waals surface area contributed by atoms with Crippen LogP contribution in [-0.2, 0) is 9.53 Å². The van der Waals surface area contributed by atoms with Crippen molar-refractivity contribution in [3.63, 3.8) is 0 Å². The maximum atomic E-state index is 11.6. The molecular weight excluding hydrogens is 274 g/mol. The first-order valence-electron chi connectivity index (χ1n) is 6.85. The fraction of sp³-hybridized carbons (Fsp3) is 0.571. The highest BCUT2D eigenvalue weighted by Gasteiger charge is 2.30. The number of rotatable bonds is 3. The molecule has 1 fully saturated rings. The van der Waals surface area contributed by atoms with Gasteiger partial charge in [-0.3, -0.25) is 4.79 Å². The van der Waals surface area contributed by atoms with E-state index < -0.39 is 11.9 Å². The minimum atomic E-state index is -0.754. The molecule has 1 aliphatic rings. The monoisotopic (exact) mass is 293 g/mol. The average Bonchev–Trinajstić information content (AvgIpc) is 2.45. The molecule has 0 saturated carbocycles. The maximum absolute atomic E-state index is 11.6. The predicted molar refractivity (Wildman–Crippen MR) is 75.3 cm³/mol. The van der Waals surface area contributed by atoms with Crippen LogP contribution in [0.1, 0.15) is 36.1 Å². The van der Waals surface area contributed by atoms with Gasteiger partial charge in [-0.25, -0.2) is 14.8 Å². The van der Waals surface area contributed by atoms with Crippen LogP contribution < -0.4 is 4.90 Å². The topological polar surface area (TPSA) is 92.6 Å². The van der Waals surface area contributed by atoms with Crippen LogP contribution in [0, 0.1) is 12.8 Å². The van der Waals surface area contributed by atoms with E-state index in [0.29, 0.717) is 30.9 Å². The Kier molecular flexibility index (Phi) is 4.40. The van der Waals surface area contributed by atoms with Gasteiger partial charge >= 0.3 is 11.9 Å². The van der Waals surface area contributed by atoms with Gasteiger partial charge in [0.25, 0.3) is 0 Å². The van der Waals surface area contributed by atoms with Crippen LogP contribution in [0.5, 0.6) is 0 Å². The molecule has 2 unspecified atom stereocenters. The molecule has 7 heteroatoms. The molecule has 2 atom stereocenters. The Hall–Kier alpha value is -2.18. The highest BCUT2D eigenvalue weighted by molar-refractivity contribution is 5.85. The van der Waals surface area contributed by atoms with Crippen molar-refractivity contribution >= 4 is 17.8 Å². The van der Waals surface area contributed by atoms with Crippen molar-refractivity contribution in [1.29, 1.82) is 0 Å². The Balaban J connectivity index is 2.24. The van der Waals surface area contributed by atoms with E-state index in [2.05, 4.69) is 14.7 Å². The van der Waals surface area contributed by atoms with E-state index in [9.17, 15) is 9.59 Å². The number of ether oxygens (including phenoxy) is 1. The molecule has 0 aromatic carbocycles. The average molecular weight is 293 g/mol. The normalized spacial score (nSPS) is 22.0. The summed E-state index contributed by atoms with van der Waals surface area (Å²) in [4.78, 5) is 33.0. The highest BCUT2D eigenvalue weighted by Crippen LogP contribution is 2.27. The molecule has 2 heterocycles. The number of esters is 1. The number of carbonyl (C=O) groups is 2. The van der Waals surface area contributed by atoms with Crippen LogP contribution in [0.2, 0.25) is 0 Å². The second-order valence-corrected chi connectivity index (χ2v) is 5.28. The largest absolute Gasteiger partial charge is 0.481 e. The molecule has 21 heavy (non-hydrogen) atoms. The number of carboxylic acids is 1. The first-order valence-corrected chi connectivity index (χ1v) is 6.85. The number of nitrogens with zero attached hydrogens (tertiary/aromatic N) is 3. The lowest BCUT2D eigenvalue weighted by molar-refractivity contribution is -0.142. The summed E-state index contributed by atoms with van der Waals surface area (Å²) in [6, 6.07) is 1.84. The third kappa shape index (κ3) is 3.29. The summed E-state index contributed by atoms with van der Waals surface area (Å²) >= 11 is 0. The number of methoxy groups -OCH3 is 1. The maximum Gasteiger partial charge on any atom is 0.376 e. The minimum absolute atomic E-state index is 0.0278. The van der Waals surface area contributed by atoms with E-state index >= 15 is 0 Å². The summed E-state index contributed by atoms with van der Waals surface area (Å²) < 4.78 is 4.65. The van der Waals surface area contributed by atoms with Crippen molar-refractivity contribution < 1.29 is 19.4 Å². The van der Waals surface area contributed by atoms with Gasteiger partial charge in [-0.05, 0) is 26.7 Å². The number of hydrogen-bond acceptors (Lipinski definition) is 6. The number of aromatic nitrogens is 2. The number of carbonyl (C=O) groups excluding carboxylic acids is 1. The second kappa shape index (κ2) is 6.07. The molecule has 1 saturated heterocycles. The summed E-state index contributed by atoms with van der Waals surface area (Å²) in [7, 11) is 1.29. The van der Waals surface area contributed by atoms with Crippen LogP contribution in [0.15, 0.2) is 6.07 Å². The van der Waals surface area contributed by atoms with Gasteiger partial charge in [-0.1, -0.05) is 0 Å². The second-order valence-electron chi connectivity index (χ2n) is 5.28. The summed E-state index contributed by atoms with van der Waals surface area (Å²) in [6.07, 6.45) is 1.13. The molecule has 0 aliphatic carbocycles. The number of anilines is 1. The first kappa shape index (κ1) is 15.2. The Morgan fingerprint density at radius 2 is 2.14 bits per heavy atom. The zero-order valence-corrected chi connectivity index (χ0v) is 12.4. The fourth-order valence-corrected chi connectivity index (χ4v) is 2.62. The SMILES string of the molecule is COC(=O)c1nc(C)cc(N2CCC(C(=O)O)CC2C)n1. The van der Waals surface area contributed by atoms with Gasteiger partial charge in [0, 0.05) is 24.3 Å². The molecule has 0 bridgehead atoms. The third-order valence-electron chi connectivity index (χ3n) is 3.73. The molecule has 0 amide bonds. The van der Waals surface area contributed by atoms with E-state index in [-0.39, 0.29) is 17.8 Å².